The third-order valence-corrected chi connectivity index (χ3v) is 2.88. The van der Waals surface area contributed by atoms with Gasteiger partial charge in [0.05, 0.1) is 6.61 Å². The van der Waals surface area contributed by atoms with E-state index in [-0.39, 0.29) is 6.61 Å². The lowest BCUT2D eigenvalue weighted by Crippen LogP contribution is -2.24. The zero-order chi connectivity index (χ0) is 12.6. The number of aromatic nitrogens is 1. The summed E-state index contributed by atoms with van der Waals surface area (Å²) in [5, 5.41) is 11.8. The molecule has 0 atom stereocenters. The van der Waals surface area contributed by atoms with Crippen LogP contribution in [0.5, 0.6) is 0 Å². The van der Waals surface area contributed by atoms with Crippen molar-refractivity contribution < 1.29 is 18.7 Å². The number of esters is 1. The average Bonchev–Trinajstić information content (AvgIpc) is 2.55. The molecule has 6 heteroatoms. The fourth-order valence-electron chi connectivity index (χ4n) is 1.65. The number of pyridine rings is 1. The lowest BCUT2D eigenvalue weighted by molar-refractivity contribution is -0.604. The molecule has 0 saturated heterocycles. The van der Waals surface area contributed by atoms with E-state index in [4.69, 9.17) is 9.15 Å². The van der Waals surface area contributed by atoms with Gasteiger partial charge < -0.3 is 14.4 Å². The first kappa shape index (κ1) is 11.9. The molecule has 0 aromatic carbocycles. The van der Waals surface area contributed by atoms with Gasteiger partial charge in [-0.3, -0.25) is 0 Å². The Morgan fingerprint density at radius 1 is 1.59 bits per heavy atom. The third-order valence-electron chi connectivity index (χ3n) is 2.31. The first-order valence-corrected chi connectivity index (χ1v) is 5.82. The maximum absolute atomic E-state index is 11.8. The number of fused-ring (bicyclic) bond motifs is 1. The number of carbonyl (C=O) groups is 1. The van der Waals surface area contributed by atoms with Crippen molar-refractivity contribution in [3.05, 3.63) is 33.4 Å². The quantitative estimate of drug-likeness (QED) is 0.485. The van der Waals surface area contributed by atoms with Crippen molar-refractivity contribution in [2.75, 3.05) is 6.61 Å². The molecule has 5 nitrogen and oxygen atoms in total. The first-order chi connectivity index (χ1) is 8.04. The van der Waals surface area contributed by atoms with Crippen LogP contribution in [0, 0.1) is 12.1 Å². The summed E-state index contributed by atoms with van der Waals surface area (Å²) in [7, 11) is 0. The largest absolute Gasteiger partial charge is 0.619 e. The van der Waals surface area contributed by atoms with Crippen LogP contribution in [0.2, 0.25) is 0 Å². The van der Waals surface area contributed by atoms with Gasteiger partial charge in [0.25, 0.3) is 0 Å². The van der Waals surface area contributed by atoms with Gasteiger partial charge >= 0.3 is 5.97 Å². The molecule has 0 spiro atoms. The minimum Gasteiger partial charge on any atom is -0.619 e. The number of furan rings is 1. The molecule has 2 heterocycles. The molecule has 0 bridgehead atoms. The number of halogens is 1. The molecule has 0 saturated carbocycles. The van der Waals surface area contributed by atoms with E-state index in [1.165, 1.54) is 12.4 Å². The molecule has 2 rings (SSSR count). The molecule has 2 aromatic rings. The molecule has 2 aromatic heterocycles. The number of aryl methyl sites for hydroxylation is 1. The smallest absolute Gasteiger partial charge is 0.342 e. The Morgan fingerprint density at radius 2 is 2.29 bits per heavy atom. The first-order valence-electron chi connectivity index (χ1n) is 5.03. The summed E-state index contributed by atoms with van der Waals surface area (Å²) in [6.45, 7) is 3.66. The lowest BCUT2D eigenvalue weighted by atomic mass is 10.2. The highest BCUT2D eigenvalue weighted by molar-refractivity contribution is 9.10. The molecule has 0 N–H and O–H groups in total. The lowest BCUT2D eigenvalue weighted by Gasteiger charge is -2.00. The second-order valence-corrected chi connectivity index (χ2v) is 4.32. The van der Waals surface area contributed by atoms with E-state index < -0.39 is 5.97 Å². The van der Waals surface area contributed by atoms with Crippen LogP contribution in [0.15, 0.2) is 21.3 Å². The van der Waals surface area contributed by atoms with Gasteiger partial charge in [-0.2, -0.15) is 4.73 Å². The summed E-state index contributed by atoms with van der Waals surface area (Å²) < 4.78 is 11.5. The van der Waals surface area contributed by atoms with Crippen molar-refractivity contribution in [1.82, 2.24) is 0 Å². The van der Waals surface area contributed by atoms with Crippen LogP contribution >= 0.6 is 15.9 Å². The fourth-order valence-corrected chi connectivity index (χ4v) is 2.15. The van der Waals surface area contributed by atoms with Crippen LogP contribution in [-0.4, -0.2) is 12.6 Å². The van der Waals surface area contributed by atoms with Crippen LogP contribution < -0.4 is 4.73 Å². The zero-order valence-electron chi connectivity index (χ0n) is 9.32. The predicted molar refractivity (Wildman–Crippen MR) is 63.6 cm³/mol. The van der Waals surface area contributed by atoms with Gasteiger partial charge in [0.15, 0.2) is 18.0 Å². The van der Waals surface area contributed by atoms with Gasteiger partial charge in [-0.05, 0) is 29.8 Å². The van der Waals surface area contributed by atoms with E-state index in [0.717, 1.165) is 0 Å². The summed E-state index contributed by atoms with van der Waals surface area (Å²) in [5.41, 5.74) is 0.769. The summed E-state index contributed by atoms with van der Waals surface area (Å²) in [6.07, 6.45) is 2.61. The number of hydrogen-bond acceptors (Lipinski definition) is 4. The van der Waals surface area contributed by atoms with E-state index in [2.05, 4.69) is 15.9 Å². The Labute approximate surface area is 106 Å². The summed E-state index contributed by atoms with van der Waals surface area (Å²) >= 11 is 3.22. The monoisotopic (exact) mass is 299 g/mol. The number of ether oxygens (including phenoxy) is 1. The molecule has 0 aliphatic rings. The second-order valence-electron chi connectivity index (χ2n) is 3.46. The third kappa shape index (κ3) is 2.00. The molecule has 0 amide bonds. The van der Waals surface area contributed by atoms with E-state index in [1.54, 1.807) is 13.8 Å². The van der Waals surface area contributed by atoms with Crippen molar-refractivity contribution in [3.8, 4) is 0 Å². The molecular formula is C11H10BrNO4. The van der Waals surface area contributed by atoms with Crippen LogP contribution in [0.4, 0.5) is 0 Å². The Balaban J connectivity index is 2.70. The van der Waals surface area contributed by atoms with Crippen molar-refractivity contribution in [2.24, 2.45) is 0 Å². The molecule has 0 unspecified atom stereocenters. The highest BCUT2D eigenvalue weighted by Gasteiger charge is 2.23. The van der Waals surface area contributed by atoms with Gasteiger partial charge in [0.2, 0.25) is 0 Å². The zero-order valence-corrected chi connectivity index (χ0v) is 10.9. The van der Waals surface area contributed by atoms with E-state index >= 15 is 0 Å². The Hall–Kier alpha value is -1.56. The Kier molecular flexibility index (Phi) is 3.06. The van der Waals surface area contributed by atoms with Crippen LogP contribution in [0.1, 0.15) is 23.0 Å². The summed E-state index contributed by atoms with van der Waals surface area (Å²) in [5.74, 6) is -0.0489. The van der Waals surface area contributed by atoms with Crippen LogP contribution in [0.25, 0.3) is 11.0 Å². The maximum Gasteiger partial charge on any atom is 0.342 e. The fraction of sp³-hybridized carbons (Fsp3) is 0.273. The summed E-state index contributed by atoms with van der Waals surface area (Å²) in [4.78, 5) is 11.8. The summed E-state index contributed by atoms with van der Waals surface area (Å²) in [6, 6.07) is 0. The molecule has 90 valence electrons. The Morgan fingerprint density at radius 3 is 2.94 bits per heavy atom. The second kappa shape index (κ2) is 4.37. The number of hydrogen-bond donors (Lipinski definition) is 0. The molecule has 17 heavy (non-hydrogen) atoms. The molecular weight excluding hydrogens is 290 g/mol. The normalized spacial score (nSPS) is 10.8. The van der Waals surface area contributed by atoms with E-state index in [1.807, 2.05) is 0 Å². The van der Waals surface area contributed by atoms with E-state index in [0.29, 0.717) is 31.5 Å². The van der Waals surface area contributed by atoms with Crippen LogP contribution in [-0.2, 0) is 4.74 Å². The maximum atomic E-state index is 11.8. The van der Waals surface area contributed by atoms with Gasteiger partial charge in [-0.1, -0.05) is 0 Å². The number of nitrogens with zero attached hydrogens (tertiary/aromatic N) is 1. The molecule has 0 aliphatic heterocycles. The molecule has 0 aliphatic carbocycles. The van der Waals surface area contributed by atoms with Gasteiger partial charge in [0.1, 0.15) is 21.2 Å². The van der Waals surface area contributed by atoms with Crippen molar-refractivity contribution >= 4 is 32.9 Å². The highest BCUT2D eigenvalue weighted by atomic mass is 79.9. The molecule has 0 radical (unpaired) electrons. The van der Waals surface area contributed by atoms with E-state index in [9.17, 15) is 10.0 Å². The minimum atomic E-state index is -0.484. The van der Waals surface area contributed by atoms with Crippen molar-refractivity contribution in [3.63, 3.8) is 0 Å². The van der Waals surface area contributed by atoms with Crippen molar-refractivity contribution in [1.29, 1.82) is 0 Å². The van der Waals surface area contributed by atoms with Crippen LogP contribution in [0.3, 0.4) is 0 Å². The van der Waals surface area contributed by atoms with Gasteiger partial charge in [-0.15, -0.1) is 0 Å². The topological polar surface area (TPSA) is 66.4 Å². The predicted octanol–water partition coefficient (Wildman–Crippen LogP) is 2.31. The minimum absolute atomic E-state index is 0.274. The number of rotatable bonds is 2. The van der Waals surface area contributed by atoms with Gasteiger partial charge in [0, 0.05) is 0 Å². The highest BCUT2D eigenvalue weighted by Crippen LogP contribution is 2.30. The SMILES string of the molecule is CCOC(=O)c1c(C)oc2c(Br)c[n+]([O-])cc12. The van der Waals surface area contributed by atoms with Gasteiger partial charge in [-0.25, -0.2) is 4.79 Å². The standard InChI is InChI=1S/C11H10BrNO4/c1-3-16-11(14)9-6(2)17-10-7(9)4-13(15)5-8(10)12/h4-5H,3H2,1-2H3. The number of carbonyl (C=O) groups excluding carboxylic acids is 1. The molecule has 0 fully saturated rings. The Bertz CT molecular complexity index is 591. The van der Waals surface area contributed by atoms with Crippen molar-refractivity contribution in [2.45, 2.75) is 13.8 Å². The average molecular weight is 300 g/mol.